The Labute approximate surface area is 328 Å². The van der Waals surface area contributed by atoms with Gasteiger partial charge in [-0.05, 0) is 89.2 Å². The van der Waals surface area contributed by atoms with Crippen LogP contribution in [0, 0.1) is 22.7 Å². The molecule has 0 saturated carbocycles. The van der Waals surface area contributed by atoms with Gasteiger partial charge in [0.2, 0.25) is 0 Å². The highest BCUT2D eigenvalue weighted by atomic mass is 15.2. The van der Waals surface area contributed by atoms with Crippen molar-refractivity contribution in [3.05, 3.63) is 145 Å². The first-order valence-corrected chi connectivity index (χ1v) is 21.0. The Morgan fingerprint density at radius 1 is 0.545 bits per heavy atom. The lowest BCUT2D eigenvalue weighted by Crippen LogP contribution is -2.55. The van der Waals surface area contributed by atoms with E-state index in [0.29, 0.717) is 28.8 Å². The first kappa shape index (κ1) is 36.0. The maximum atomic E-state index is 3.70. The lowest BCUT2D eigenvalue weighted by molar-refractivity contribution is 0.0109. The van der Waals surface area contributed by atoms with E-state index in [1.165, 1.54) is 94.2 Å². The van der Waals surface area contributed by atoms with E-state index in [2.05, 4.69) is 181 Å². The number of nitrogens with one attached hydrogen (secondary N) is 2. The highest BCUT2D eigenvalue weighted by Crippen LogP contribution is 2.48. The molecule has 2 aromatic heterocycles. The summed E-state index contributed by atoms with van der Waals surface area (Å²) in [5, 5.41) is 2.73. The summed E-state index contributed by atoms with van der Waals surface area (Å²) in [4.78, 5) is 12.9. The molecule has 4 bridgehead atoms. The molecular formula is C51H58N4. The molecule has 0 spiro atoms. The van der Waals surface area contributed by atoms with Crippen LogP contribution in [0.5, 0.6) is 0 Å². The van der Waals surface area contributed by atoms with Crippen molar-refractivity contribution in [2.75, 3.05) is 19.6 Å². The molecule has 2 aliphatic carbocycles. The molecule has 2 fully saturated rings. The van der Waals surface area contributed by atoms with Crippen LogP contribution in [0.15, 0.2) is 133 Å². The summed E-state index contributed by atoms with van der Waals surface area (Å²) in [6.07, 6.45) is 16.2. The van der Waals surface area contributed by atoms with Crippen LogP contribution in [0.1, 0.15) is 64.5 Å². The Morgan fingerprint density at radius 2 is 1.00 bits per heavy atom. The SMILES string of the molecule is CCC1(C)CC2C=CC1N(CCc1c(-c3ccccc3)[nH]c3ccccc13)C2.CCC1(C)CC2C=CC1N(Cc1c(-c3ccccc3)[nH]c3ccccc13)C2. The standard InChI is InChI=1S/C26H30N2.C25H28N2/c1-3-26(2)17-19-13-14-24(26)28(18-19)16-15-22-21-11-7-8-12-23(21)27-25(22)20-9-5-4-6-10-20;1-3-25(2)15-18-13-14-23(25)27(16-18)17-21-20-11-7-8-12-22(20)26-24(21)19-9-5-4-6-10-19/h4-14,19,24,27H,3,15-18H2,1-2H3;4-14,18,23,26H,3,15-17H2,1-2H3. The molecule has 0 radical (unpaired) electrons. The van der Waals surface area contributed by atoms with Crippen molar-refractivity contribution >= 4 is 21.8 Å². The van der Waals surface area contributed by atoms with Crippen molar-refractivity contribution in [1.82, 2.24) is 19.8 Å². The summed E-state index contributed by atoms with van der Waals surface area (Å²) < 4.78 is 0. The fraction of sp³-hybridized carbons (Fsp3) is 0.373. The smallest absolute Gasteiger partial charge is 0.0510 e. The fourth-order valence-corrected chi connectivity index (χ4v) is 10.9. The van der Waals surface area contributed by atoms with Crippen LogP contribution in [-0.4, -0.2) is 51.5 Å². The number of hydrogen-bond acceptors (Lipinski definition) is 2. The van der Waals surface area contributed by atoms with Crippen LogP contribution in [0.25, 0.3) is 44.3 Å². The van der Waals surface area contributed by atoms with Crippen LogP contribution >= 0.6 is 0 Å². The number of piperidine rings is 2. The summed E-state index contributed by atoms with van der Waals surface area (Å²) in [7, 11) is 0. The number of nitrogens with zero attached hydrogens (tertiary/aromatic N) is 2. The largest absolute Gasteiger partial charge is 0.354 e. The van der Waals surface area contributed by atoms with Crippen molar-refractivity contribution in [2.24, 2.45) is 22.7 Å². The average Bonchev–Trinajstić information content (AvgIpc) is 3.79. The van der Waals surface area contributed by atoms with Crippen LogP contribution in [0.3, 0.4) is 0 Å². The first-order chi connectivity index (χ1) is 26.9. The molecule has 2 N–H and O–H groups in total. The van der Waals surface area contributed by atoms with Crippen LogP contribution < -0.4 is 0 Å². The molecular weight excluding hydrogens is 669 g/mol. The van der Waals surface area contributed by atoms with E-state index >= 15 is 0 Å². The van der Waals surface area contributed by atoms with Gasteiger partial charge in [0.05, 0.1) is 5.69 Å². The molecule has 282 valence electrons. The Kier molecular flexibility index (Phi) is 9.68. The van der Waals surface area contributed by atoms with Crippen molar-refractivity contribution < 1.29 is 0 Å². The number of fused-ring (bicyclic) bond motifs is 6. The monoisotopic (exact) mass is 726 g/mol. The highest BCUT2D eigenvalue weighted by molar-refractivity contribution is 5.91. The molecule has 6 unspecified atom stereocenters. The van der Waals surface area contributed by atoms with Crippen LogP contribution in [0.4, 0.5) is 0 Å². The number of benzene rings is 4. The van der Waals surface area contributed by atoms with Gasteiger partial charge < -0.3 is 9.97 Å². The minimum atomic E-state index is 0.399. The lowest BCUT2D eigenvalue weighted by Gasteiger charge is -2.52. The lowest BCUT2D eigenvalue weighted by atomic mass is 9.65. The topological polar surface area (TPSA) is 38.1 Å². The number of hydrogen-bond donors (Lipinski definition) is 2. The molecule has 4 heteroatoms. The van der Waals surface area contributed by atoms with Crippen molar-refractivity contribution in [2.45, 2.75) is 78.4 Å². The van der Waals surface area contributed by atoms with E-state index in [4.69, 9.17) is 0 Å². The molecule has 2 saturated heterocycles. The summed E-state index contributed by atoms with van der Waals surface area (Å²) in [6.45, 7) is 14.2. The number of aromatic amines is 2. The predicted molar refractivity (Wildman–Crippen MR) is 232 cm³/mol. The van der Waals surface area contributed by atoms with E-state index in [1.54, 1.807) is 0 Å². The third kappa shape index (κ3) is 6.72. The maximum Gasteiger partial charge on any atom is 0.0510 e. The van der Waals surface area contributed by atoms with E-state index in [9.17, 15) is 0 Å². The van der Waals surface area contributed by atoms with Gasteiger partial charge in [0.15, 0.2) is 0 Å². The van der Waals surface area contributed by atoms with E-state index in [-0.39, 0.29) is 0 Å². The normalized spacial score (nSPS) is 27.2. The maximum absolute atomic E-state index is 3.70. The van der Waals surface area contributed by atoms with Crippen molar-refractivity contribution in [1.29, 1.82) is 0 Å². The Morgan fingerprint density at radius 3 is 1.53 bits per heavy atom. The molecule has 4 aromatic carbocycles. The third-order valence-electron chi connectivity index (χ3n) is 14.1. The number of rotatable bonds is 9. The Hall–Kier alpha value is -4.64. The number of para-hydroxylation sites is 2. The Bertz CT molecular complexity index is 2310. The molecule has 4 nitrogen and oxygen atoms in total. The van der Waals surface area contributed by atoms with Gasteiger partial charge in [-0.1, -0.05) is 149 Å². The fourth-order valence-electron chi connectivity index (χ4n) is 10.9. The van der Waals surface area contributed by atoms with Crippen LogP contribution in [0.2, 0.25) is 0 Å². The van der Waals surface area contributed by atoms with Gasteiger partial charge in [0.1, 0.15) is 0 Å². The molecule has 6 aromatic rings. The van der Waals surface area contributed by atoms with Crippen molar-refractivity contribution in [3.63, 3.8) is 0 Å². The van der Waals surface area contributed by atoms with Gasteiger partial charge >= 0.3 is 0 Å². The van der Waals surface area contributed by atoms with Crippen LogP contribution in [-0.2, 0) is 13.0 Å². The zero-order valence-corrected chi connectivity index (χ0v) is 33.3. The number of aromatic nitrogens is 2. The van der Waals surface area contributed by atoms with Crippen molar-refractivity contribution in [3.8, 4) is 22.5 Å². The quantitative estimate of drug-likeness (QED) is 0.146. The average molecular weight is 727 g/mol. The molecule has 4 aliphatic heterocycles. The van der Waals surface area contributed by atoms with E-state index < -0.39 is 0 Å². The Balaban J connectivity index is 0.000000144. The predicted octanol–water partition coefficient (Wildman–Crippen LogP) is 12.1. The second kappa shape index (κ2) is 14.8. The van der Waals surface area contributed by atoms with E-state index in [0.717, 1.165) is 25.4 Å². The van der Waals surface area contributed by atoms with Gasteiger partial charge in [0.25, 0.3) is 0 Å². The summed E-state index contributed by atoms with van der Waals surface area (Å²) in [6, 6.07) is 40.2. The molecule has 6 heterocycles. The highest BCUT2D eigenvalue weighted by Gasteiger charge is 2.45. The minimum absolute atomic E-state index is 0.399. The van der Waals surface area contributed by atoms with Gasteiger partial charge in [0, 0.05) is 65.8 Å². The molecule has 12 rings (SSSR count). The third-order valence-corrected chi connectivity index (χ3v) is 14.1. The summed E-state index contributed by atoms with van der Waals surface area (Å²) in [5.74, 6) is 1.43. The summed E-state index contributed by atoms with van der Waals surface area (Å²) >= 11 is 0. The second-order valence-electron chi connectivity index (χ2n) is 17.6. The minimum Gasteiger partial charge on any atom is -0.354 e. The van der Waals surface area contributed by atoms with E-state index in [1.807, 2.05) is 0 Å². The molecule has 6 atom stereocenters. The molecule has 0 amide bonds. The van der Waals surface area contributed by atoms with Gasteiger partial charge in [-0.2, -0.15) is 0 Å². The zero-order chi connectivity index (χ0) is 37.6. The molecule has 6 aliphatic rings. The molecule has 55 heavy (non-hydrogen) atoms. The van der Waals surface area contributed by atoms with Gasteiger partial charge in [-0.3, -0.25) is 9.80 Å². The zero-order valence-electron chi connectivity index (χ0n) is 33.3. The first-order valence-electron chi connectivity index (χ1n) is 21.0. The number of H-pyrrole nitrogens is 2. The second-order valence-corrected chi connectivity index (χ2v) is 17.6. The van der Waals surface area contributed by atoms with Gasteiger partial charge in [-0.15, -0.1) is 0 Å². The van der Waals surface area contributed by atoms with Gasteiger partial charge in [-0.25, -0.2) is 0 Å². The summed E-state index contributed by atoms with van der Waals surface area (Å²) in [5.41, 5.74) is 11.3.